The van der Waals surface area contributed by atoms with Gasteiger partial charge in [-0.2, -0.15) is 0 Å². The number of hydrogen-bond acceptors (Lipinski definition) is 3. The first-order valence-corrected chi connectivity index (χ1v) is 7.84. The van der Waals surface area contributed by atoms with Crippen LogP contribution in [0.25, 0.3) is 0 Å². The highest BCUT2D eigenvalue weighted by molar-refractivity contribution is 6.04. The molecule has 6 nitrogen and oxygen atoms in total. The summed E-state index contributed by atoms with van der Waals surface area (Å²) < 4.78 is 18.0. The fourth-order valence-corrected chi connectivity index (χ4v) is 2.20. The molecule has 3 aromatic rings. The van der Waals surface area contributed by atoms with Gasteiger partial charge in [0.25, 0.3) is 5.91 Å². The number of carbonyl (C=O) groups excluding carboxylic acids is 2. The lowest BCUT2D eigenvalue weighted by Crippen LogP contribution is -2.27. The van der Waals surface area contributed by atoms with Gasteiger partial charge in [0.15, 0.2) is 0 Å². The van der Waals surface area contributed by atoms with Crippen molar-refractivity contribution >= 4 is 23.3 Å². The molecule has 0 saturated heterocycles. The number of anilines is 2. The zero-order valence-corrected chi connectivity index (χ0v) is 13.7. The number of hydrogen-bond donors (Lipinski definition) is 3. The Morgan fingerprint density at radius 1 is 0.885 bits per heavy atom. The fraction of sp³-hybridized carbons (Fsp3) is 0.0526. The Hall–Kier alpha value is -3.61. The quantitative estimate of drug-likeness (QED) is 0.648. The Morgan fingerprint density at radius 3 is 2.15 bits per heavy atom. The molecule has 0 spiro atoms. The molecule has 0 unspecified atom stereocenters. The smallest absolute Gasteiger partial charge is 0.319 e. The summed E-state index contributed by atoms with van der Waals surface area (Å²) in [6, 6.07) is 15.0. The number of urea groups is 1. The van der Waals surface area contributed by atoms with E-state index in [0.29, 0.717) is 22.7 Å². The first-order valence-electron chi connectivity index (χ1n) is 7.84. The first-order chi connectivity index (χ1) is 12.6. The minimum absolute atomic E-state index is 0.282. The number of amides is 3. The molecule has 0 aliphatic rings. The third kappa shape index (κ3) is 4.70. The van der Waals surface area contributed by atoms with Gasteiger partial charge in [0.1, 0.15) is 11.6 Å². The second-order valence-electron chi connectivity index (χ2n) is 5.43. The van der Waals surface area contributed by atoms with Crippen LogP contribution in [0.4, 0.5) is 20.6 Å². The second kappa shape index (κ2) is 7.98. The molecular weight excluding hydrogens is 337 g/mol. The minimum Gasteiger partial charge on any atom is -0.467 e. The lowest BCUT2D eigenvalue weighted by molar-refractivity contribution is 0.102. The van der Waals surface area contributed by atoms with Gasteiger partial charge in [0.2, 0.25) is 0 Å². The summed E-state index contributed by atoms with van der Waals surface area (Å²) in [6.45, 7) is 0.282. The highest BCUT2D eigenvalue weighted by Gasteiger charge is 2.07. The third-order valence-electron chi connectivity index (χ3n) is 3.51. The second-order valence-corrected chi connectivity index (χ2v) is 5.43. The van der Waals surface area contributed by atoms with E-state index >= 15 is 0 Å². The maximum atomic E-state index is 12.9. The average Bonchev–Trinajstić information content (AvgIpc) is 3.16. The van der Waals surface area contributed by atoms with Crippen LogP contribution in [-0.4, -0.2) is 11.9 Å². The third-order valence-corrected chi connectivity index (χ3v) is 3.51. The number of furan rings is 1. The van der Waals surface area contributed by atoms with Crippen LogP contribution in [0, 0.1) is 5.82 Å². The summed E-state index contributed by atoms with van der Waals surface area (Å²) in [6.07, 6.45) is 1.54. The van der Waals surface area contributed by atoms with Crippen molar-refractivity contribution in [3.05, 3.63) is 84.1 Å². The molecule has 3 N–H and O–H groups in total. The Labute approximate surface area is 149 Å². The monoisotopic (exact) mass is 353 g/mol. The summed E-state index contributed by atoms with van der Waals surface area (Å²) in [4.78, 5) is 23.9. The van der Waals surface area contributed by atoms with Gasteiger partial charge in [0.05, 0.1) is 12.8 Å². The van der Waals surface area contributed by atoms with Gasteiger partial charge < -0.3 is 20.4 Å². The molecule has 7 heteroatoms. The van der Waals surface area contributed by atoms with Crippen molar-refractivity contribution in [2.45, 2.75) is 6.54 Å². The summed E-state index contributed by atoms with van der Waals surface area (Å²) in [5.74, 6) is -0.0943. The number of rotatable bonds is 5. The average molecular weight is 353 g/mol. The topological polar surface area (TPSA) is 83.4 Å². The number of nitrogens with one attached hydrogen (secondary N) is 3. The molecule has 0 radical (unpaired) electrons. The van der Waals surface area contributed by atoms with E-state index in [0.717, 1.165) is 0 Å². The molecule has 0 atom stereocenters. The van der Waals surface area contributed by atoms with Crippen molar-refractivity contribution < 1.29 is 18.4 Å². The standard InChI is InChI=1S/C19H16FN3O3/c20-14-5-3-13(4-6-14)18(24)22-15-7-9-16(10-8-15)23-19(25)21-12-17-2-1-11-26-17/h1-11H,12H2,(H,22,24)(H2,21,23,25). The summed E-state index contributed by atoms with van der Waals surface area (Å²) in [7, 11) is 0. The van der Waals surface area contributed by atoms with Crippen molar-refractivity contribution in [3.63, 3.8) is 0 Å². The van der Waals surface area contributed by atoms with E-state index in [4.69, 9.17) is 4.42 Å². The van der Waals surface area contributed by atoms with E-state index in [9.17, 15) is 14.0 Å². The largest absolute Gasteiger partial charge is 0.467 e. The predicted molar refractivity (Wildman–Crippen MR) is 95.4 cm³/mol. The molecule has 0 fully saturated rings. The molecule has 132 valence electrons. The molecule has 26 heavy (non-hydrogen) atoms. The Balaban J connectivity index is 1.52. The van der Waals surface area contributed by atoms with Gasteiger partial charge in [0, 0.05) is 16.9 Å². The highest BCUT2D eigenvalue weighted by Crippen LogP contribution is 2.15. The normalized spacial score (nSPS) is 10.2. The molecule has 0 bridgehead atoms. The van der Waals surface area contributed by atoms with Gasteiger partial charge in [-0.15, -0.1) is 0 Å². The van der Waals surface area contributed by atoms with Crippen LogP contribution in [0.3, 0.4) is 0 Å². The molecule has 2 aromatic carbocycles. The molecule has 0 aliphatic carbocycles. The van der Waals surface area contributed by atoms with E-state index in [1.807, 2.05) is 0 Å². The van der Waals surface area contributed by atoms with Crippen molar-refractivity contribution in [1.29, 1.82) is 0 Å². The molecule has 3 amide bonds. The first kappa shape index (κ1) is 17.2. The van der Waals surface area contributed by atoms with E-state index in [2.05, 4.69) is 16.0 Å². The van der Waals surface area contributed by atoms with Crippen molar-refractivity contribution in [2.75, 3.05) is 10.6 Å². The lowest BCUT2D eigenvalue weighted by atomic mass is 10.2. The van der Waals surface area contributed by atoms with Gasteiger partial charge in [-0.25, -0.2) is 9.18 Å². The molecule has 3 rings (SSSR count). The highest BCUT2D eigenvalue weighted by atomic mass is 19.1. The predicted octanol–water partition coefficient (Wildman–Crippen LogP) is 3.99. The van der Waals surface area contributed by atoms with Crippen LogP contribution in [-0.2, 0) is 6.54 Å². The lowest BCUT2D eigenvalue weighted by Gasteiger charge is -2.09. The zero-order valence-electron chi connectivity index (χ0n) is 13.7. The number of benzene rings is 2. The van der Waals surface area contributed by atoms with Crippen molar-refractivity contribution in [2.24, 2.45) is 0 Å². The zero-order chi connectivity index (χ0) is 18.4. The van der Waals surface area contributed by atoms with Crippen molar-refractivity contribution in [3.8, 4) is 0 Å². The van der Waals surface area contributed by atoms with Crippen LogP contribution in [0.1, 0.15) is 16.1 Å². The Bertz CT molecular complexity index is 875. The molecule has 1 heterocycles. The molecule has 1 aromatic heterocycles. The maximum Gasteiger partial charge on any atom is 0.319 e. The summed E-state index contributed by atoms with van der Waals surface area (Å²) >= 11 is 0. The number of halogens is 1. The van der Waals surface area contributed by atoms with Gasteiger partial charge >= 0.3 is 6.03 Å². The van der Waals surface area contributed by atoms with Gasteiger partial charge in [-0.1, -0.05) is 0 Å². The van der Waals surface area contributed by atoms with E-state index in [-0.39, 0.29) is 18.5 Å². The van der Waals surface area contributed by atoms with Crippen LogP contribution >= 0.6 is 0 Å². The Morgan fingerprint density at radius 2 is 1.54 bits per heavy atom. The number of carbonyl (C=O) groups is 2. The van der Waals surface area contributed by atoms with Crippen LogP contribution in [0.5, 0.6) is 0 Å². The Kier molecular flexibility index (Phi) is 5.28. The molecular formula is C19H16FN3O3. The maximum absolute atomic E-state index is 12.9. The van der Waals surface area contributed by atoms with Crippen molar-refractivity contribution in [1.82, 2.24) is 5.32 Å². The summed E-state index contributed by atoms with van der Waals surface area (Å²) in [5.41, 5.74) is 1.48. The minimum atomic E-state index is -0.401. The SMILES string of the molecule is O=C(NCc1ccco1)Nc1ccc(NC(=O)c2ccc(F)cc2)cc1. The van der Waals surface area contributed by atoms with Crippen LogP contribution < -0.4 is 16.0 Å². The van der Waals surface area contributed by atoms with Gasteiger partial charge in [-0.3, -0.25) is 4.79 Å². The van der Waals surface area contributed by atoms with E-state index in [1.165, 1.54) is 30.5 Å². The molecule has 0 saturated carbocycles. The van der Waals surface area contributed by atoms with E-state index in [1.54, 1.807) is 36.4 Å². The summed E-state index contributed by atoms with van der Waals surface area (Å²) in [5, 5.41) is 8.04. The van der Waals surface area contributed by atoms with Gasteiger partial charge in [-0.05, 0) is 60.7 Å². The van der Waals surface area contributed by atoms with Crippen LogP contribution in [0.15, 0.2) is 71.3 Å². The molecule has 0 aliphatic heterocycles. The van der Waals surface area contributed by atoms with Crippen LogP contribution in [0.2, 0.25) is 0 Å². The van der Waals surface area contributed by atoms with E-state index < -0.39 is 5.82 Å². The fourth-order valence-electron chi connectivity index (χ4n) is 2.20.